The number of carbonyl (C=O) groups excluding carboxylic acids is 2. The normalized spacial score (nSPS) is 10.7. The fourth-order valence-corrected chi connectivity index (χ4v) is 1.48. The zero-order chi connectivity index (χ0) is 17.1. The molecule has 2 N–H and O–H groups in total. The zero-order valence-electron chi connectivity index (χ0n) is 12.1. The van der Waals surface area contributed by atoms with Gasteiger partial charge in [0, 0.05) is 12.1 Å². The van der Waals surface area contributed by atoms with Crippen LogP contribution in [0.15, 0.2) is 18.2 Å². The number of imide groups is 1. The van der Waals surface area contributed by atoms with E-state index >= 15 is 0 Å². The summed E-state index contributed by atoms with van der Waals surface area (Å²) in [6.45, 7) is 4.73. The third-order valence-corrected chi connectivity index (χ3v) is 2.30. The summed E-state index contributed by atoms with van der Waals surface area (Å²) in [6.07, 6.45) is -1.08. The molecule has 22 heavy (non-hydrogen) atoms. The first-order valence-electron chi connectivity index (χ1n) is 6.07. The summed E-state index contributed by atoms with van der Waals surface area (Å²) in [5.74, 6) is -2.56. The van der Waals surface area contributed by atoms with Crippen molar-refractivity contribution in [2.45, 2.75) is 26.4 Å². The molecule has 0 atom stereocenters. The highest BCUT2D eigenvalue weighted by molar-refractivity contribution is 6.09. The summed E-state index contributed by atoms with van der Waals surface area (Å²) in [4.78, 5) is 44.4. The summed E-state index contributed by atoms with van der Waals surface area (Å²) < 4.78 is 4.86. The van der Waals surface area contributed by atoms with Gasteiger partial charge in [-0.3, -0.25) is 20.2 Å². The van der Waals surface area contributed by atoms with Gasteiger partial charge in [0.15, 0.2) is 0 Å². The van der Waals surface area contributed by atoms with Crippen molar-refractivity contribution < 1.29 is 29.2 Å². The molecule has 0 radical (unpaired) electrons. The van der Waals surface area contributed by atoms with Gasteiger partial charge >= 0.3 is 12.1 Å². The average Bonchev–Trinajstić information content (AvgIpc) is 2.35. The minimum atomic E-state index is -1.45. The van der Waals surface area contributed by atoms with Crippen molar-refractivity contribution in [1.29, 1.82) is 0 Å². The minimum Gasteiger partial charge on any atom is -0.478 e. The third-order valence-electron chi connectivity index (χ3n) is 2.30. The quantitative estimate of drug-likeness (QED) is 0.643. The minimum absolute atomic E-state index is 0.466. The lowest BCUT2D eigenvalue weighted by Gasteiger charge is -2.19. The van der Waals surface area contributed by atoms with Crippen LogP contribution in [0.2, 0.25) is 0 Å². The standard InChI is InChI=1S/C13H14N2O7/c1-13(2,3)22-12(19)14-10(16)9-6-7(15(20)21)4-5-8(9)11(17)18/h4-6H,1-3H3,(H,17,18)(H,14,16,19). The van der Waals surface area contributed by atoms with Crippen LogP contribution >= 0.6 is 0 Å². The maximum atomic E-state index is 11.9. The number of carboxylic acids is 1. The number of rotatable bonds is 3. The number of non-ortho nitro benzene ring substituents is 1. The van der Waals surface area contributed by atoms with Crippen LogP contribution in [0, 0.1) is 10.1 Å². The van der Waals surface area contributed by atoms with Crippen molar-refractivity contribution in [1.82, 2.24) is 5.32 Å². The number of nitro groups is 1. The molecule has 1 aromatic rings. The number of hydrogen-bond acceptors (Lipinski definition) is 6. The maximum Gasteiger partial charge on any atom is 0.414 e. The zero-order valence-corrected chi connectivity index (χ0v) is 12.1. The van der Waals surface area contributed by atoms with Crippen LogP contribution in [0.1, 0.15) is 41.5 Å². The number of nitrogens with one attached hydrogen (secondary N) is 1. The molecule has 9 heteroatoms. The fourth-order valence-electron chi connectivity index (χ4n) is 1.48. The summed E-state index contributed by atoms with van der Waals surface area (Å²) in [7, 11) is 0. The van der Waals surface area contributed by atoms with E-state index in [2.05, 4.69) is 0 Å². The largest absolute Gasteiger partial charge is 0.478 e. The lowest BCUT2D eigenvalue weighted by atomic mass is 10.1. The number of nitrogens with zero attached hydrogens (tertiary/aromatic N) is 1. The molecule has 0 saturated carbocycles. The van der Waals surface area contributed by atoms with Crippen LogP contribution < -0.4 is 5.32 Å². The molecule has 0 aliphatic carbocycles. The number of carboxylic acid groups (broad SMARTS) is 1. The number of aromatic carboxylic acids is 1. The molecule has 0 aliphatic rings. The van der Waals surface area contributed by atoms with Crippen LogP contribution in [0.5, 0.6) is 0 Å². The van der Waals surface area contributed by atoms with Gasteiger partial charge in [0.1, 0.15) is 5.60 Å². The number of hydrogen-bond donors (Lipinski definition) is 2. The van der Waals surface area contributed by atoms with E-state index in [0.29, 0.717) is 0 Å². The van der Waals surface area contributed by atoms with Gasteiger partial charge in [0.05, 0.1) is 16.1 Å². The SMILES string of the molecule is CC(C)(C)OC(=O)NC(=O)c1cc([N+](=O)[O-])ccc1C(=O)O. The number of nitro benzene ring substituents is 1. The maximum absolute atomic E-state index is 11.9. The van der Waals surface area contributed by atoms with Gasteiger partial charge in [-0.05, 0) is 26.8 Å². The molecule has 2 amide bonds. The molecule has 0 aliphatic heterocycles. The Bertz CT molecular complexity index is 646. The van der Waals surface area contributed by atoms with Crippen molar-refractivity contribution in [2.24, 2.45) is 0 Å². The molecular weight excluding hydrogens is 296 g/mol. The molecule has 0 unspecified atom stereocenters. The summed E-state index contributed by atoms with van der Waals surface area (Å²) in [5.41, 5.74) is -2.30. The van der Waals surface area contributed by atoms with Gasteiger partial charge in [-0.1, -0.05) is 0 Å². The number of amides is 2. The molecule has 118 valence electrons. The smallest absolute Gasteiger partial charge is 0.414 e. The van der Waals surface area contributed by atoms with Crippen molar-refractivity contribution in [2.75, 3.05) is 0 Å². The van der Waals surface area contributed by atoms with Crippen molar-refractivity contribution >= 4 is 23.7 Å². The molecule has 9 nitrogen and oxygen atoms in total. The Morgan fingerprint density at radius 3 is 2.27 bits per heavy atom. The highest BCUT2D eigenvalue weighted by Crippen LogP contribution is 2.18. The summed E-state index contributed by atoms with van der Waals surface area (Å²) in [6, 6.07) is 2.65. The number of ether oxygens (including phenoxy) is 1. The first-order chi connectivity index (χ1) is 10.0. The highest BCUT2D eigenvalue weighted by atomic mass is 16.6. The molecule has 0 saturated heterocycles. The van der Waals surface area contributed by atoms with Crippen molar-refractivity contribution in [3.8, 4) is 0 Å². The Kier molecular flexibility index (Phi) is 4.82. The lowest BCUT2D eigenvalue weighted by molar-refractivity contribution is -0.384. The van der Waals surface area contributed by atoms with E-state index in [9.17, 15) is 24.5 Å². The summed E-state index contributed by atoms with van der Waals surface area (Å²) in [5, 5.41) is 21.5. The van der Waals surface area contributed by atoms with E-state index in [1.165, 1.54) is 0 Å². The second-order valence-corrected chi connectivity index (χ2v) is 5.25. The topological polar surface area (TPSA) is 136 Å². The Balaban J connectivity index is 3.10. The molecule has 0 bridgehead atoms. The monoisotopic (exact) mass is 310 g/mol. The first kappa shape index (κ1) is 17.1. The van der Waals surface area contributed by atoms with Gasteiger partial charge in [-0.15, -0.1) is 0 Å². The van der Waals surface area contributed by atoms with E-state index < -0.39 is 45.3 Å². The van der Waals surface area contributed by atoms with E-state index in [1.54, 1.807) is 20.8 Å². The van der Waals surface area contributed by atoms with Crippen molar-refractivity contribution in [3.05, 3.63) is 39.4 Å². The fraction of sp³-hybridized carbons (Fsp3) is 0.308. The van der Waals surface area contributed by atoms with E-state index in [-0.39, 0.29) is 0 Å². The predicted molar refractivity (Wildman–Crippen MR) is 73.8 cm³/mol. The second-order valence-electron chi connectivity index (χ2n) is 5.25. The van der Waals surface area contributed by atoms with E-state index in [4.69, 9.17) is 9.84 Å². The molecule has 0 fully saturated rings. The molecule has 0 aromatic heterocycles. The molecule has 0 heterocycles. The van der Waals surface area contributed by atoms with E-state index in [0.717, 1.165) is 18.2 Å². The number of benzene rings is 1. The van der Waals surface area contributed by atoms with Gasteiger partial charge in [0.2, 0.25) is 0 Å². The Hall–Kier alpha value is -2.97. The number of carbonyl (C=O) groups is 3. The molecule has 1 rings (SSSR count). The molecule has 1 aromatic carbocycles. The van der Waals surface area contributed by atoms with Gasteiger partial charge in [-0.2, -0.15) is 0 Å². The lowest BCUT2D eigenvalue weighted by Crippen LogP contribution is -2.37. The summed E-state index contributed by atoms with van der Waals surface area (Å²) >= 11 is 0. The second kappa shape index (κ2) is 6.20. The van der Waals surface area contributed by atoms with Crippen LogP contribution in [0.25, 0.3) is 0 Å². The van der Waals surface area contributed by atoms with E-state index in [1.807, 2.05) is 5.32 Å². The Morgan fingerprint density at radius 2 is 1.82 bits per heavy atom. The van der Waals surface area contributed by atoms with Crippen molar-refractivity contribution in [3.63, 3.8) is 0 Å². The number of alkyl carbamates (subject to hydrolysis) is 1. The molecule has 0 spiro atoms. The van der Waals surface area contributed by atoms with Crippen LogP contribution in [0.4, 0.5) is 10.5 Å². The van der Waals surface area contributed by atoms with Gasteiger partial charge in [0.25, 0.3) is 11.6 Å². The van der Waals surface area contributed by atoms with Crippen LogP contribution in [-0.4, -0.2) is 33.6 Å². The Labute approximate surface area is 125 Å². The third kappa shape index (κ3) is 4.54. The Morgan fingerprint density at radius 1 is 1.23 bits per heavy atom. The van der Waals surface area contributed by atoms with Gasteiger partial charge in [-0.25, -0.2) is 9.59 Å². The highest BCUT2D eigenvalue weighted by Gasteiger charge is 2.24. The van der Waals surface area contributed by atoms with Crippen LogP contribution in [-0.2, 0) is 4.74 Å². The predicted octanol–water partition coefficient (Wildman–Crippen LogP) is 1.96. The molecular formula is C13H14N2O7. The van der Waals surface area contributed by atoms with Crippen LogP contribution in [0.3, 0.4) is 0 Å². The average molecular weight is 310 g/mol. The van der Waals surface area contributed by atoms with Gasteiger partial charge < -0.3 is 9.84 Å². The first-order valence-corrected chi connectivity index (χ1v) is 6.07.